The maximum Gasteiger partial charge on any atom is 0.214 e. The van der Waals surface area contributed by atoms with E-state index in [-0.39, 0.29) is 0 Å². The quantitative estimate of drug-likeness (QED) is 0.274. The van der Waals surface area contributed by atoms with Gasteiger partial charge in [0, 0.05) is 5.30 Å². The summed E-state index contributed by atoms with van der Waals surface area (Å²) in [7, 11) is 0. The summed E-state index contributed by atoms with van der Waals surface area (Å²) in [5, 5.41) is 0.435. The molecule has 0 aliphatic rings. The van der Waals surface area contributed by atoms with Crippen LogP contribution in [-0.2, 0) is 11.8 Å². The molecule has 1 rings (SSSR count). The van der Waals surface area contributed by atoms with E-state index >= 15 is 0 Å². The van der Waals surface area contributed by atoms with E-state index in [1.54, 1.807) is 30.3 Å². The molecular weight excluding hydrogens is 295 g/mol. The topological polar surface area (TPSA) is 40.5 Å². The minimum Gasteiger partial charge on any atom is -0.342 e. The lowest BCUT2D eigenvalue weighted by Crippen LogP contribution is -2.00. The van der Waals surface area contributed by atoms with Crippen molar-refractivity contribution in [1.82, 2.24) is 0 Å². The SMILES string of the molecule is OP(O)(=S)c1ccccc1.SS.SS. The molecule has 14 heavy (non-hydrogen) atoms. The van der Waals surface area contributed by atoms with Gasteiger partial charge in [-0.05, 0) is 23.9 Å². The van der Waals surface area contributed by atoms with Crippen LogP contribution in [0.2, 0.25) is 0 Å². The summed E-state index contributed by atoms with van der Waals surface area (Å²) in [6.45, 7) is -3.18. The van der Waals surface area contributed by atoms with E-state index in [9.17, 15) is 0 Å². The van der Waals surface area contributed by atoms with Crippen LogP contribution >= 0.6 is 53.1 Å². The normalized spacial score (nSPS) is 9.00. The summed E-state index contributed by atoms with van der Waals surface area (Å²) in [5.74, 6) is 0. The molecule has 0 atom stereocenters. The van der Waals surface area contributed by atoms with Crippen LogP contribution in [0.25, 0.3) is 0 Å². The average Bonchev–Trinajstić information content (AvgIpc) is 2.24. The van der Waals surface area contributed by atoms with Gasteiger partial charge in [-0.1, -0.05) is 18.2 Å². The summed E-state index contributed by atoms with van der Waals surface area (Å²) in [5.41, 5.74) is 0. The highest BCUT2D eigenvalue weighted by Crippen LogP contribution is 2.32. The number of benzene rings is 1. The predicted molar refractivity (Wildman–Crippen MR) is 80.7 cm³/mol. The first-order valence-electron chi connectivity index (χ1n) is 3.12. The van der Waals surface area contributed by atoms with Gasteiger partial charge in [-0.15, -0.1) is 46.6 Å². The van der Waals surface area contributed by atoms with Crippen molar-refractivity contribution >= 4 is 70.2 Å². The van der Waals surface area contributed by atoms with Gasteiger partial charge < -0.3 is 9.79 Å². The smallest absolute Gasteiger partial charge is 0.214 e. The zero-order valence-electron chi connectivity index (χ0n) is 6.93. The van der Waals surface area contributed by atoms with Crippen LogP contribution < -0.4 is 5.30 Å². The minimum absolute atomic E-state index is 0.435. The number of hydrogen-bond acceptors (Lipinski definition) is 5. The highest BCUT2D eigenvalue weighted by molar-refractivity contribution is 8.59. The molecule has 0 aliphatic carbocycles. The van der Waals surface area contributed by atoms with Gasteiger partial charge in [0.15, 0.2) is 0 Å². The van der Waals surface area contributed by atoms with E-state index in [2.05, 4.69) is 58.5 Å². The summed E-state index contributed by atoms with van der Waals surface area (Å²) in [4.78, 5) is 17.9. The molecule has 82 valence electrons. The molecule has 0 heterocycles. The molecule has 0 spiro atoms. The molecule has 0 radical (unpaired) electrons. The van der Waals surface area contributed by atoms with Crippen LogP contribution in [0.3, 0.4) is 0 Å². The first kappa shape index (κ1) is 17.6. The Labute approximate surface area is 110 Å². The van der Waals surface area contributed by atoms with E-state index in [1.165, 1.54) is 0 Å². The molecule has 0 unspecified atom stereocenters. The fraction of sp³-hybridized carbons (Fsp3) is 0. The number of rotatable bonds is 1. The molecule has 0 aromatic heterocycles. The third-order valence-electron chi connectivity index (χ3n) is 1.09. The van der Waals surface area contributed by atoms with Crippen molar-refractivity contribution in [3.05, 3.63) is 30.3 Å². The maximum atomic E-state index is 8.97. The van der Waals surface area contributed by atoms with Crippen LogP contribution in [0.15, 0.2) is 30.3 Å². The largest absolute Gasteiger partial charge is 0.342 e. The molecule has 0 aliphatic heterocycles. The van der Waals surface area contributed by atoms with E-state index in [4.69, 9.17) is 9.79 Å². The number of thiol groups is 4. The zero-order chi connectivity index (χ0) is 11.6. The van der Waals surface area contributed by atoms with Crippen molar-refractivity contribution < 1.29 is 9.79 Å². The Balaban J connectivity index is 0. The Morgan fingerprint density at radius 3 is 1.50 bits per heavy atom. The summed E-state index contributed by atoms with van der Waals surface area (Å²) < 4.78 is 0. The van der Waals surface area contributed by atoms with E-state index in [0.29, 0.717) is 5.30 Å². The van der Waals surface area contributed by atoms with Gasteiger partial charge in [0.05, 0.1) is 0 Å². The van der Waals surface area contributed by atoms with Gasteiger partial charge >= 0.3 is 0 Å². The molecule has 0 amide bonds. The predicted octanol–water partition coefficient (Wildman–Crippen LogP) is 2.13. The highest BCUT2D eigenvalue weighted by atomic mass is 33.1. The van der Waals surface area contributed by atoms with Crippen molar-refractivity contribution in [3.8, 4) is 0 Å². The highest BCUT2D eigenvalue weighted by Gasteiger charge is 2.08. The van der Waals surface area contributed by atoms with Crippen molar-refractivity contribution in [1.29, 1.82) is 0 Å². The summed E-state index contributed by atoms with van der Waals surface area (Å²) in [6, 6.07) is 8.47. The lowest BCUT2D eigenvalue weighted by atomic mass is 10.4. The van der Waals surface area contributed by atoms with Gasteiger partial charge in [0.2, 0.25) is 6.49 Å². The molecule has 0 fully saturated rings. The molecule has 1 aromatic rings. The van der Waals surface area contributed by atoms with Gasteiger partial charge in [-0.25, -0.2) is 0 Å². The zero-order valence-corrected chi connectivity index (χ0v) is 12.2. The standard InChI is InChI=1S/C6H7O2PS.2H2S2/c7-9(8,10)6-4-2-1-3-5-6;2*1-2/h1-5H,(H2,7,8,10);2*1-2H. The molecule has 2 nitrogen and oxygen atoms in total. The Morgan fingerprint density at radius 2 is 1.29 bits per heavy atom. The van der Waals surface area contributed by atoms with Gasteiger partial charge in [-0.3, -0.25) is 0 Å². The maximum absolute atomic E-state index is 8.97. The van der Waals surface area contributed by atoms with Crippen molar-refractivity contribution in [2.45, 2.75) is 0 Å². The van der Waals surface area contributed by atoms with E-state index in [1.807, 2.05) is 0 Å². The molecule has 2 N–H and O–H groups in total. The van der Waals surface area contributed by atoms with E-state index in [0.717, 1.165) is 0 Å². The molecule has 1 aromatic carbocycles. The van der Waals surface area contributed by atoms with Gasteiger partial charge in [-0.2, -0.15) is 0 Å². The second-order valence-corrected chi connectivity index (χ2v) is 5.01. The minimum atomic E-state index is -3.18. The summed E-state index contributed by atoms with van der Waals surface area (Å²) in [6.07, 6.45) is 0. The fourth-order valence-electron chi connectivity index (χ4n) is 0.622. The number of hydrogen-bond donors (Lipinski definition) is 6. The second-order valence-electron chi connectivity index (χ2n) is 1.88. The van der Waals surface area contributed by atoms with Crippen LogP contribution in [0.4, 0.5) is 0 Å². The van der Waals surface area contributed by atoms with Crippen molar-refractivity contribution in [2.24, 2.45) is 0 Å². The van der Waals surface area contributed by atoms with Gasteiger partial charge in [0.25, 0.3) is 0 Å². The molecular formula is C6H11O2PS5. The molecule has 0 bridgehead atoms. The Morgan fingerprint density at radius 1 is 0.929 bits per heavy atom. The molecule has 0 saturated heterocycles. The monoisotopic (exact) mass is 306 g/mol. The van der Waals surface area contributed by atoms with Crippen molar-refractivity contribution in [2.75, 3.05) is 0 Å². The Bertz CT molecular complexity index is 262. The lowest BCUT2D eigenvalue weighted by Gasteiger charge is -2.05. The van der Waals surface area contributed by atoms with Gasteiger partial charge in [0.1, 0.15) is 0 Å². The lowest BCUT2D eigenvalue weighted by molar-refractivity contribution is 0.493. The Hall–Kier alpha value is 1.19. The third-order valence-corrected chi connectivity index (χ3v) is 2.70. The molecule has 8 heteroatoms. The summed E-state index contributed by atoms with van der Waals surface area (Å²) >= 11 is 17.4. The molecule has 0 saturated carbocycles. The van der Waals surface area contributed by atoms with Crippen molar-refractivity contribution in [3.63, 3.8) is 0 Å². The van der Waals surface area contributed by atoms with Crippen LogP contribution in [0.5, 0.6) is 0 Å². The van der Waals surface area contributed by atoms with Crippen LogP contribution in [-0.4, -0.2) is 9.79 Å². The average molecular weight is 306 g/mol. The first-order chi connectivity index (χ1) is 6.61. The van der Waals surface area contributed by atoms with Crippen LogP contribution in [0.1, 0.15) is 0 Å². The third kappa shape index (κ3) is 8.49. The Kier molecular flexibility index (Phi) is 13.4. The second kappa shape index (κ2) is 10.7. The van der Waals surface area contributed by atoms with Crippen LogP contribution in [0, 0.1) is 0 Å². The first-order valence-corrected chi connectivity index (χ1v) is 9.02. The van der Waals surface area contributed by atoms with E-state index < -0.39 is 6.49 Å². The fourth-order valence-corrected chi connectivity index (χ4v) is 1.55.